The maximum absolute atomic E-state index is 13.3. The summed E-state index contributed by atoms with van der Waals surface area (Å²) in [6.45, 7) is 0. The van der Waals surface area contributed by atoms with Crippen molar-refractivity contribution in [2.75, 3.05) is 7.11 Å². The van der Waals surface area contributed by atoms with Gasteiger partial charge in [0.15, 0.2) is 0 Å². The largest absolute Gasteiger partial charge is 0.469 e. The highest BCUT2D eigenvalue weighted by atomic mass is 32.2. The molecule has 0 fully saturated rings. The summed E-state index contributed by atoms with van der Waals surface area (Å²) in [5, 5.41) is 0. The minimum Gasteiger partial charge on any atom is -0.469 e. The summed E-state index contributed by atoms with van der Waals surface area (Å²) in [5.41, 5.74) is 0.645. The molecule has 0 amide bonds. The second-order valence-corrected chi connectivity index (χ2v) is 8.42. The Hall–Kier alpha value is -2.32. The Bertz CT molecular complexity index is 884. The summed E-state index contributed by atoms with van der Waals surface area (Å²) >= 11 is 0. The lowest BCUT2D eigenvalue weighted by Gasteiger charge is -2.19. The number of halogens is 2. The zero-order valence-electron chi connectivity index (χ0n) is 16.2. The van der Waals surface area contributed by atoms with E-state index in [1.165, 1.54) is 31.4 Å². The van der Waals surface area contributed by atoms with Gasteiger partial charge in [0, 0.05) is 12.5 Å². The third-order valence-electron chi connectivity index (χ3n) is 4.55. The van der Waals surface area contributed by atoms with Crippen molar-refractivity contribution in [1.82, 2.24) is 4.72 Å². The first kappa shape index (κ1) is 23.0. The number of carbonyl (C=O) groups is 1. The average molecular weight is 425 g/mol. The molecule has 2 aromatic carbocycles. The van der Waals surface area contributed by atoms with Crippen LogP contribution in [0.1, 0.15) is 50.1 Å². The van der Waals surface area contributed by atoms with Crippen molar-refractivity contribution in [2.45, 2.75) is 49.5 Å². The maximum atomic E-state index is 13.3. The van der Waals surface area contributed by atoms with E-state index in [9.17, 15) is 22.0 Å². The van der Waals surface area contributed by atoms with E-state index in [-0.39, 0.29) is 10.9 Å². The standard InChI is InChI=1S/C21H25F2NO4S/c1-28-21(25)7-5-3-2-4-6-20(16-8-10-17(22)11-9-16)24-29(26,27)19-14-12-18(23)13-15-19/h8-15,20,24H,2-7H2,1H3. The average Bonchev–Trinajstić information content (AvgIpc) is 2.70. The Balaban J connectivity index is 2.02. The van der Waals surface area contributed by atoms with Crippen LogP contribution in [-0.4, -0.2) is 21.5 Å². The minimum atomic E-state index is -3.87. The highest BCUT2D eigenvalue weighted by Crippen LogP contribution is 2.24. The fourth-order valence-electron chi connectivity index (χ4n) is 2.93. The molecule has 0 aliphatic heterocycles. The third kappa shape index (κ3) is 7.55. The summed E-state index contributed by atoms with van der Waals surface area (Å²) < 4.78 is 59.0. The van der Waals surface area contributed by atoms with Gasteiger partial charge in [0.2, 0.25) is 10.0 Å². The Morgan fingerprint density at radius 2 is 1.48 bits per heavy atom. The molecule has 0 radical (unpaired) electrons. The summed E-state index contributed by atoms with van der Waals surface area (Å²) in [5.74, 6) is -1.18. The number of rotatable bonds is 11. The lowest BCUT2D eigenvalue weighted by atomic mass is 10.0. The Morgan fingerprint density at radius 3 is 2.07 bits per heavy atom. The molecule has 5 nitrogen and oxygen atoms in total. The SMILES string of the molecule is COC(=O)CCCCCCC(NS(=O)(=O)c1ccc(F)cc1)c1ccc(F)cc1. The van der Waals surface area contributed by atoms with Gasteiger partial charge in [0.1, 0.15) is 11.6 Å². The van der Waals surface area contributed by atoms with Crippen LogP contribution in [0.2, 0.25) is 0 Å². The van der Waals surface area contributed by atoms with Crippen molar-refractivity contribution in [3.63, 3.8) is 0 Å². The normalized spacial score (nSPS) is 12.5. The molecule has 29 heavy (non-hydrogen) atoms. The quantitative estimate of drug-likeness (QED) is 0.425. The van der Waals surface area contributed by atoms with Crippen LogP contribution in [0.4, 0.5) is 8.78 Å². The first-order valence-electron chi connectivity index (χ1n) is 9.42. The minimum absolute atomic E-state index is 0.0379. The third-order valence-corrected chi connectivity index (χ3v) is 6.03. The fraction of sp³-hybridized carbons (Fsp3) is 0.381. The second-order valence-electron chi connectivity index (χ2n) is 6.71. The van der Waals surface area contributed by atoms with Crippen molar-refractivity contribution in [1.29, 1.82) is 0 Å². The maximum Gasteiger partial charge on any atom is 0.305 e. The molecule has 158 valence electrons. The number of ether oxygens (including phenoxy) is 1. The van der Waals surface area contributed by atoms with Gasteiger partial charge in [0.25, 0.3) is 0 Å². The van der Waals surface area contributed by atoms with E-state index >= 15 is 0 Å². The van der Waals surface area contributed by atoms with E-state index in [0.717, 1.165) is 31.4 Å². The van der Waals surface area contributed by atoms with E-state index < -0.39 is 27.7 Å². The molecule has 0 spiro atoms. The molecule has 0 bridgehead atoms. The molecule has 2 rings (SSSR count). The van der Waals surface area contributed by atoms with Gasteiger partial charge in [-0.05, 0) is 54.8 Å². The van der Waals surface area contributed by atoms with Gasteiger partial charge in [-0.2, -0.15) is 0 Å². The van der Waals surface area contributed by atoms with E-state index in [4.69, 9.17) is 0 Å². The number of benzene rings is 2. The second kappa shape index (κ2) is 11.0. The highest BCUT2D eigenvalue weighted by Gasteiger charge is 2.21. The van der Waals surface area contributed by atoms with E-state index in [2.05, 4.69) is 9.46 Å². The number of esters is 1. The molecule has 1 atom stereocenters. The van der Waals surface area contributed by atoms with Crippen molar-refractivity contribution in [3.05, 3.63) is 65.7 Å². The Morgan fingerprint density at radius 1 is 0.931 bits per heavy atom. The molecule has 1 N–H and O–H groups in total. The topological polar surface area (TPSA) is 72.5 Å². The molecule has 0 aliphatic carbocycles. The van der Waals surface area contributed by atoms with Crippen LogP contribution in [0.3, 0.4) is 0 Å². The van der Waals surface area contributed by atoms with Gasteiger partial charge >= 0.3 is 5.97 Å². The van der Waals surface area contributed by atoms with E-state index in [0.29, 0.717) is 24.8 Å². The number of methoxy groups -OCH3 is 1. The molecular formula is C21H25F2NO4S. The zero-order valence-corrected chi connectivity index (χ0v) is 17.1. The summed E-state index contributed by atoms with van der Waals surface area (Å²) in [7, 11) is -2.52. The van der Waals surface area contributed by atoms with Crippen LogP contribution in [-0.2, 0) is 19.6 Å². The van der Waals surface area contributed by atoms with Gasteiger partial charge in [-0.3, -0.25) is 4.79 Å². The smallest absolute Gasteiger partial charge is 0.305 e. The predicted octanol–water partition coefficient (Wildman–Crippen LogP) is 4.50. The molecular weight excluding hydrogens is 400 g/mol. The monoisotopic (exact) mass is 425 g/mol. The number of sulfonamides is 1. The summed E-state index contributed by atoms with van der Waals surface area (Å²) in [6.07, 6.45) is 3.91. The fourth-order valence-corrected chi connectivity index (χ4v) is 4.19. The first-order valence-corrected chi connectivity index (χ1v) is 10.9. The van der Waals surface area contributed by atoms with Crippen molar-refractivity contribution < 1.29 is 26.7 Å². The lowest BCUT2D eigenvalue weighted by Crippen LogP contribution is -2.28. The first-order chi connectivity index (χ1) is 13.8. The van der Waals surface area contributed by atoms with Gasteiger partial charge < -0.3 is 4.74 Å². The Kier molecular flexibility index (Phi) is 8.72. The predicted molar refractivity (Wildman–Crippen MR) is 106 cm³/mol. The van der Waals surface area contributed by atoms with E-state index in [1.54, 1.807) is 12.1 Å². The van der Waals surface area contributed by atoms with Crippen LogP contribution in [0.25, 0.3) is 0 Å². The van der Waals surface area contributed by atoms with Crippen LogP contribution < -0.4 is 4.72 Å². The highest BCUT2D eigenvalue weighted by molar-refractivity contribution is 7.89. The van der Waals surface area contributed by atoms with Crippen LogP contribution >= 0.6 is 0 Å². The van der Waals surface area contributed by atoms with Crippen molar-refractivity contribution in [3.8, 4) is 0 Å². The number of hydrogen-bond donors (Lipinski definition) is 1. The van der Waals surface area contributed by atoms with Crippen molar-refractivity contribution in [2.24, 2.45) is 0 Å². The van der Waals surface area contributed by atoms with Gasteiger partial charge in [-0.25, -0.2) is 21.9 Å². The molecule has 0 saturated heterocycles. The zero-order chi connectivity index (χ0) is 21.3. The van der Waals surface area contributed by atoms with Crippen LogP contribution in [0, 0.1) is 11.6 Å². The molecule has 0 heterocycles. The van der Waals surface area contributed by atoms with Crippen LogP contribution in [0.15, 0.2) is 53.4 Å². The summed E-state index contributed by atoms with van der Waals surface area (Å²) in [6, 6.07) is 9.68. The number of hydrogen-bond acceptors (Lipinski definition) is 4. The number of unbranched alkanes of at least 4 members (excludes halogenated alkanes) is 3. The van der Waals surface area contributed by atoms with Gasteiger partial charge in [-0.1, -0.05) is 31.4 Å². The number of carbonyl (C=O) groups excluding carboxylic acids is 1. The van der Waals surface area contributed by atoms with Crippen LogP contribution in [0.5, 0.6) is 0 Å². The molecule has 0 aromatic heterocycles. The molecule has 0 aliphatic rings. The molecule has 1 unspecified atom stereocenters. The van der Waals surface area contributed by atoms with Gasteiger partial charge in [-0.15, -0.1) is 0 Å². The molecule has 0 saturated carbocycles. The van der Waals surface area contributed by atoms with Crippen molar-refractivity contribution >= 4 is 16.0 Å². The molecule has 2 aromatic rings. The van der Waals surface area contributed by atoms with E-state index in [1.807, 2.05) is 0 Å². The summed E-state index contributed by atoms with van der Waals surface area (Å²) in [4.78, 5) is 11.1. The lowest BCUT2D eigenvalue weighted by molar-refractivity contribution is -0.140. The number of nitrogens with one attached hydrogen (secondary N) is 1. The molecule has 8 heteroatoms. The van der Waals surface area contributed by atoms with Gasteiger partial charge in [0.05, 0.1) is 12.0 Å². The Labute approximate surface area is 170 Å².